The van der Waals surface area contributed by atoms with Gasteiger partial charge in [0.25, 0.3) is 5.91 Å². The first-order chi connectivity index (χ1) is 26.8. The van der Waals surface area contributed by atoms with Gasteiger partial charge in [0.05, 0.1) is 11.8 Å². The van der Waals surface area contributed by atoms with E-state index >= 15 is 0 Å². The van der Waals surface area contributed by atoms with Crippen molar-refractivity contribution in [2.75, 3.05) is 14.1 Å². The van der Waals surface area contributed by atoms with Crippen molar-refractivity contribution in [1.82, 2.24) is 25.2 Å². The molecule has 2 aromatic rings. The van der Waals surface area contributed by atoms with Crippen LogP contribution in [-0.2, 0) is 51.7 Å². The number of benzene rings is 2. The van der Waals surface area contributed by atoms with E-state index < -0.39 is 92.8 Å². The highest BCUT2D eigenvalue weighted by Crippen LogP contribution is 2.32. The Balaban J connectivity index is 2.35. The standard InChI is InChI=1S/C42H60F3N5O8S/c1-26(2)31(23-27(3)34(51)48-59(56,57)25-29-21-19-28(20-22-29)24-46-37(54)42(43,44)45)49(12)36(53)32(39(4,5)6)47-35(52)33(50(13)38(55)58-40(7,8)9)41(10,11)30-17-15-14-16-18-30/h14-23,26,31-33H,24-25H2,1-13H3,(H,46,54)(H,47,52)(H,48,51)/b27-23+/t31-,32-,33-/m1/s1. The first kappa shape index (κ1) is 50.2. The van der Waals surface area contributed by atoms with Crippen molar-refractivity contribution in [3.63, 3.8) is 0 Å². The number of alkyl halides is 3. The van der Waals surface area contributed by atoms with Gasteiger partial charge in [0.1, 0.15) is 17.7 Å². The van der Waals surface area contributed by atoms with Gasteiger partial charge in [-0.2, -0.15) is 13.2 Å². The number of likely N-dealkylation sites (N-methyl/N-ethyl adjacent to an activating group) is 2. The van der Waals surface area contributed by atoms with Gasteiger partial charge >= 0.3 is 18.2 Å². The van der Waals surface area contributed by atoms with Crippen molar-refractivity contribution in [1.29, 1.82) is 0 Å². The summed E-state index contributed by atoms with van der Waals surface area (Å²) in [7, 11) is -1.27. The van der Waals surface area contributed by atoms with E-state index in [0.29, 0.717) is 5.56 Å². The van der Waals surface area contributed by atoms with Crippen LogP contribution < -0.4 is 15.4 Å². The molecule has 17 heteroatoms. The molecule has 13 nitrogen and oxygen atoms in total. The van der Waals surface area contributed by atoms with Gasteiger partial charge in [-0.25, -0.2) is 17.9 Å². The molecule has 0 saturated heterocycles. The number of carbonyl (C=O) groups excluding carboxylic acids is 5. The minimum absolute atomic E-state index is 0.0114. The number of ether oxygens (including phenoxy) is 1. The fourth-order valence-electron chi connectivity index (χ4n) is 6.27. The molecule has 0 spiro atoms. The summed E-state index contributed by atoms with van der Waals surface area (Å²) in [6, 6.07) is 11.6. The second kappa shape index (κ2) is 19.4. The number of rotatable bonds is 15. The zero-order chi connectivity index (χ0) is 45.5. The summed E-state index contributed by atoms with van der Waals surface area (Å²) >= 11 is 0. The minimum Gasteiger partial charge on any atom is -0.444 e. The number of carbonyl (C=O) groups is 5. The van der Waals surface area contributed by atoms with E-state index in [4.69, 9.17) is 4.74 Å². The van der Waals surface area contributed by atoms with Crippen molar-refractivity contribution in [2.24, 2.45) is 11.3 Å². The van der Waals surface area contributed by atoms with Gasteiger partial charge < -0.3 is 20.3 Å². The highest BCUT2D eigenvalue weighted by Gasteiger charge is 2.46. The van der Waals surface area contributed by atoms with E-state index in [2.05, 4.69) is 5.32 Å². The number of amides is 5. The van der Waals surface area contributed by atoms with E-state index in [1.807, 2.05) is 62.7 Å². The Morgan fingerprint density at radius 3 is 1.81 bits per heavy atom. The fraction of sp³-hybridized carbons (Fsp3) is 0.548. The van der Waals surface area contributed by atoms with Crippen LogP contribution in [0.1, 0.15) is 92.9 Å². The maximum Gasteiger partial charge on any atom is 0.471 e. The van der Waals surface area contributed by atoms with Crippen molar-refractivity contribution < 1.29 is 50.3 Å². The van der Waals surface area contributed by atoms with Gasteiger partial charge in [-0.15, -0.1) is 0 Å². The Morgan fingerprint density at radius 1 is 0.814 bits per heavy atom. The molecule has 0 saturated carbocycles. The summed E-state index contributed by atoms with van der Waals surface area (Å²) in [4.78, 5) is 69.3. The second-order valence-corrected chi connectivity index (χ2v) is 19.3. The molecule has 59 heavy (non-hydrogen) atoms. The molecule has 328 valence electrons. The number of hydrogen-bond acceptors (Lipinski definition) is 8. The number of nitrogens with zero attached hydrogens (tertiary/aromatic N) is 2. The van der Waals surface area contributed by atoms with Gasteiger partial charge in [0.15, 0.2) is 0 Å². The van der Waals surface area contributed by atoms with Crippen LogP contribution in [0, 0.1) is 11.3 Å². The lowest BCUT2D eigenvalue weighted by Crippen LogP contribution is -2.63. The average Bonchev–Trinajstić information content (AvgIpc) is 3.09. The normalized spacial score (nSPS) is 14.4. The van der Waals surface area contributed by atoms with Crippen LogP contribution in [0.25, 0.3) is 0 Å². The van der Waals surface area contributed by atoms with Crippen LogP contribution in [0.2, 0.25) is 0 Å². The second-order valence-electron chi connectivity index (χ2n) is 17.6. The minimum atomic E-state index is -5.04. The third-order valence-electron chi connectivity index (χ3n) is 9.51. The fourth-order valence-corrected chi connectivity index (χ4v) is 7.42. The molecule has 3 atom stereocenters. The molecule has 5 amide bonds. The van der Waals surface area contributed by atoms with Gasteiger partial charge in [-0.3, -0.25) is 24.1 Å². The van der Waals surface area contributed by atoms with E-state index in [1.54, 1.807) is 46.9 Å². The van der Waals surface area contributed by atoms with Crippen LogP contribution in [0.4, 0.5) is 18.0 Å². The van der Waals surface area contributed by atoms with Crippen molar-refractivity contribution in [3.05, 3.63) is 82.9 Å². The third-order valence-corrected chi connectivity index (χ3v) is 10.7. The Kier molecular flexibility index (Phi) is 16.5. The van der Waals surface area contributed by atoms with Crippen LogP contribution in [0.5, 0.6) is 0 Å². The zero-order valence-corrected chi connectivity index (χ0v) is 37.0. The summed E-state index contributed by atoms with van der Waals surface area (Å²) in [5.74, 6) is -5.08. The van der Waals surface area contributed by atoms with Crippen molar-refractivity contribution in [3.8, 4) is 0 Å². The quantitative estimate of drug-likeness (QED) is 0.184. The van der Waals surface area contributed by atoms with E-state index in [-0.39, 0.29) is 17.1 Å². The maximum atomic E-state index is 14.5. The maximum absolute atomic E-state index is 14.5. The van der Waals surface area contributed by atoms with Gasteiger partial charge in [0, 0.05) is 31.6 Å². The topological polar surface area (TPSA) is 171 Å². The van der Waals surface area contributed by atoms with Gasteiger partial charge in [0.2, 0.25) is 21.8 Å². The Hall–Kier alpha value is -4.93. The first-order valence-electron chi connectivity index (χ1n) is 19.0. The monoisotopic (exact) mass is 851 g/mol. The number of nitrogens with one attached hydrogen (secondary N) is 3. The number of sulfonamides is 1. The molecular weight excluding hydrogens is 792 g/mol. The number of halogens is 3. The zero-order valence-electron chi connectivity index (χ0n) is 36.2. The predicted octanol–water partition coefficient (Wildman–Crippen LogP) is 5.98. The lowest BCUT2D eigenvalue weighted by Gasteiger charge is -2.42. The predicted molar refractivity (Wildman–Crippen MR) is 219 cm³/mol. The molecule has 3 N–H and O–H groups in total. The van der Waals surface area contributed by atoms with Crippen LogP contribution >= 0.6 is 0 Å². The SMILES string of the molecule is C/C(=C\[C@H](C(C)C)N(C)C(=O)[C@@H](NC(=O)[C@@H](N(C)C(=O)OC(C)(C)C)C(C)(C)c1ccccc1)C(C)(C)C)C(=O)NS(=O)(=O)Cc1ccc(CNC(=O)C(F)(F)F)cc1. The van der Waals surface area contributed by atoms with Gasteiger partial charge in [-0.05, 0) is 55.7 Å². The molecule has 2 aromatic carbocycles. The van der Waals surface area contributed by atoms with Crippen LogP contribution in [0.15, 0.2) is 66.2 Å². The average molecular weight is 852 g/mol. The summed E-state index contributed by atoms with van der Waals surface area (Å²) in [5, 5.41) is 4.66. The molecular formula is C42H60F3N5O8S. The van der Waals surface area contributed by atoms with Crippen LogP contribution in [-0.4, -0.2) is 91.9 Å². The lowest BCUT2D eigenvalue weighted by atomic mass is 9.76. The first-order valence-corrected chi connectivity index (χ1v) is 20.7. The van der Waals surface area contributed by atoms with E-state index in [9.17, 15) is 45.6 Å². The Bertz CT molecular complexity index is 1950. The highest BCUT2D eigenvalue weighted by molar-refractivity contribution is 7.89. The molecule has 0 aliphatic heterocycles. The molecule has 0 heterocycles. The van der Waals surface area contributed by atoms with Gasteiger partial charge in [-0.1, -0.05) is 109 Å². The molecule has 0 fully saturated rings. The molecule has 0 unspecified atom stereocenters. The summed E-state index contributed by atoms with van der Waals surface area (Å²) < 4.78 is 71.1. The van der Waals surface area contributed by atoms with Crippen molar-refractivity contribution >= 4 is 39.7 Å². The number of hydrogen-bond donors (Lipinski definition) is 3. The summed E-state index contributed by atoms with van der Waals surface area (Å²) in [6.07, 6.45) is -4.30. The Labute approximate surface area is 346 Å². The van der Waals surface area contributed by atoms with E-state index in [1.165, 1.54) is 61.2 Å². The molecule has 0 aliphatic carbocycles. The molecule has 0 radical (unpaired) electrons. The largest absolute Gasteiger partial charge is 0.471 e. The summed E-state index contributed by atoms with van der Waals surface area (Å²) in [6.45, 7) is 18.7. The smallest absolute Gasteiger partial charge is 0.444 e. The van der Waals surface area contributed by atoms with Crippen LogP contribution in [0.3, 0.4) is 0 Å². The third kappa shape index (κ3) is 14.7. The molecule has 0 aromatic heterocycles. The lowest BCUT2D eigenvalue weighted by molar-refractivity contribution is -0.173. The summed E-state index contributed by atoms with van der Waals surface area (Å²) in [5.41, 5.74) is -1.40. The molecule has 2 rings (SSSR count). The van der Waals surface area contributed by atoms with Crippen molar-refractivity contribution in [2.45, 2.75) is 124 Å². The Morgan fingerprint density at radius 2 is 1.34 bits per heavy atom. The van der Waals surface area contributed by atoms with E-state index in [0.717, 1.165) is 5.56 Å². The molecule has 0 aliphatic rings. The molecule has 0 bridgehead atoms. The highest BCUT2D eigenvalue weighted by atomic mass is 32.2.